The highest BCUT2D eigenvalue weighted by molar-refractivity contribution is 7.80. The number of aliphatic hydroxyl groups excluding tert-OH is 1. The predicted molar refractivity (Wildman–Crippen MR) is 103 cm³/mol. The third-order valence-electron chi connectivity index (χ3n) is 3.98. The molecule has 0 saturated heterocycles. The number of nitrogens with one attached hydrogen (secondary N) is 3. The first-order valence-electron chi connectivity index (χ1n) is 8.48. The highest BCUT2D eigenvalue weighted by Crippen LogP contribution is 2.17. The fraction of sp³-hybridized carbons (Fsp3) is 0.500. The van der Waals surface area contributed by atoms with Gasteiger partial charge in [-0.25, -0.2) is 5.48 Å². The maximum absolute atomic E-state index is 12.7. The minimum atomic E-state index is -1.65. The van der Waals surface area contributed by atoms with Gasteiger partial charge in [0, 0.05) is 7.05 Å². The lowest BCUT2D eigenvalue weighted by Crippen LogP contribution is -2.52. The molecule has 0 aliphatic rings. The van der Waals surface area contributed by atoms with Crippen LogP contribution in [0.1, 0.15) is 25.8 Å². The van der Waals surface area contributed by atoms with E-state index in [1.165, 1.54) is 5.48 Å². The lowest BCUT2D eigenvalue weighted by Gasteiger charge is -2.26. The molecule has 144 valence electrons. The molecule has 0 bridgehead atoms. The van der Waals surface area contributed by atoms with Crippen molar-refractivity contribution in [3.8, 4) is 0 Å². The summed E-state index contributed by atoms with van der Waals surface area (Å²) in [4.78, 5) is 24.8. The summed E-state index contributed by atoms with van der Waals surface area (Å²) in [5.74, 6) is -2.44. The molecular weight excluding hydrogens is 354 g/mol. The van der Waals surface area contributed by atoms with Crippen molar-refractivity contribution in [2.24, 2.45) is 11.8 Å². The van der Waals surface area contributed by atoms with Gasteiger partial charge in [-0.15, -0.1) is 0 Å². The molecule has 0 radical (unpaired) electrons. The number of hydrogen-bond acceptors (Lipinski definition) is 5. The van der Waals surface area contributed by atoms with Gasteiger partial charge >= 0.3 is 0 Å². The summed E-state index contributed by atoms with van der Waals surface area (Å²) in [6.07, 6.45) is -0.892. The smallest absolute Gasteiger partial charge is 0.272 e. The van der Waals surface area contributed by atoms with Gasteiger partial charge in [0.2, 0.25) is 5.91 Å². The largest absolute Gasteiger partial charge is 0.382 e. The second kappa shape index (κ2) is 10.8. The Morgan fingerprint density at radius 1 is 1.15 bits per heavy atom. The Kier molecular flexibility index (Phi) is 9.18. The van der Waals surface area contributed by atoms with E-state index in [0.717, 1.165) is 5.56 Å². The van der Waals surface area contributed by atoms with Crippen LogP contribution >= 0.6 is 12.2 Å². The van der Waals surface area contributed by atoms with E-state index >= 15 is 0 Å². The molecule has 2 amide bonds. The number of carbonyl (C=O) groups excluding carboxylic acids is 2. The highest BCUT2D eigenvalue weighted by Gasteiger charge is 2.34. The molecule has 8 heteroatoms. The zero-order chi connectivity index (χ0) is 19.7. The van der Waals surface area contributed by atoms with Crippen molar-refractivity contribution >= 4 is 29.0 Å². The molecule has 3 atom stereocenters. The molecule has 0 unspecified atom stereocenters. The second-order valence-corrected chi connectivity index (χ2v) is 6.96. The average molecular weight is 381 g/mol. The molecule has 0 aliphatic heterocycles. The van der Waals surface area contributed by atoms with Crippen molar-refractivity contribution in [3.63, 3.8) is 0 Å². The van der Waals surface area contributed by atoms with E-state index in [0.29, 0.717) is 11.4 Å². The standard InChI is InChI=1S/C18H27N3O4S/c1-11(2)9-13(15(22)17(24)21-25)16(23)20-14(18(26)19-3)10-12-7-5-4-6-8-12/h4-8,11,13-15,22,25H,9-10H2,1-3H3,(H,19,26)(H,20,23)(H,21,24)/t13-,14+,15+/m1/s1. The molecule has 0 fully saturated rings. The van der Waals surface area contributed by atoms with Crippen LogP contribution in [0.3, 0.4) is 0 Å². The van der Waals surface area contributed by atoms with Crippen molar-refractivity contribution < 1.29 is 19.9 Å². The Morgan fingerprint density at radius 2 is 1.77 bits per heavy atom. The van der Waals surface area contributed by atoms with Crippen molar-refractivity contribution in [1.29, 1.82) is 0 Å². The van der Waals surface area contributed by atoms with E-state index in [1.54, 1.807) is 7.05 Å². The van der Waals surface area contributed by atoms with Crippen molar-refractivity contribution in [1.82, 2.24) is 16.1 Å². The highest BCUT2D eigenvalue weighted by atomic mass is 32.1. The van der Waals surface area contributed by atoms with Crippen LogP contribution in [0.2, 0.25) is 0 Å². The van der Waals surface area contributed by atoms with Crippen LogP contribution in [-0.2, 0) is 16.0 Å². The van der Waals surface area contributed by atoms with E-state index in [4.69, 9.17) is 17.4 Å². The lowest BCUT2D eigenvalue weighted by atomic mass is 9.90. The molecule has 1 aromatic carbocycles. The molecule has 0 saturated carbocycles. The lowest BCUT2D eigenvalue weighted by molar-refractivity contribution is -0.146. The first kappa shape index (κ1) is 22.0. The summed E-state index contributed by atoms with van der Waals surface area (Å²) >= 11 is 5.30. The van der Waals surface area contributed by atoms with Crippen molar-refractivity contribution in [3.05, 3.63) is 35.9 Å². The van der Waals surface area contributed by atoms with Gasteiger partial charge in [-0.1, -0.05) is 56.4 Å². The number of benzene rings is 1. The predicted octanol–water partition coefficient (Wildman–Crippen LogP) is 0.789. The maximum atomic E-state index is 12.7. The molecular formula is C18H27N3O4S. The fourth-order valence-electron chi connectivity index (χ4n) is 2.65. The van der Waals surface area contributed by atoms with E-state index in [9.17, 15) is 14.7 Å². The van der Waals surface area contributed by atoms with Gasteiger partial charge in [-0.05, 0) is 24.3 Å². The van der Waals surface area contributed by atoms with Crippen molar-refractivity contribution in [2.45, 2.75) is 38.8 Å². The number of likely N-dealkylation sites (N-methyl/N-ethyl adjacent to an activating group) is 1. The SMILES string of the molecule is CNC(=S)[C@H](Cc1ccccc1)NC(=O)[C@H](CC(C)C)[C@H](O)C(=O)NO. The van der Waals surface area contributed by atoms with Crippen LogP contribution in [0.5, 0.6) is 0 Å². The number of hydrogen-bond donors (Lipinski definition) is 5. The quantitative estimate of drug-likeness (QED) is 0.246. The maximum Gasteiger partial charge on any atom is 0.272 e. The minimum absolute atomic E-state index is 0.0655. The van der Waals surface area contributed by atoms with Crippen LogP contribution in [0, 0.1) is 11.8 Å². The Balaban J connectivity index is 2.95. The number of aliphatic hydroxyl groups is 1. The van der Waals surface area contributed by atoms with Crippen LogP contribution in [0.15, 0.2) is 30.3 Å². The number of amides is 2. The molecule has 0 heterocycles. The third-order valence-corrected chi connectivity index (χ3v) is 4.47. The van der Waals surface area contributed by atoms with E-state index in [-0.39, 0.29) is 12.3 Å². The number of rotatable bonds is 9. The van der Waals surface area contributed by atoms with E-state index < -0.39 is 29.9 Å². The Hall–Kier alpha value is -2.03. The van der Waals surface area contributed by atoms with Gasteiger partial charge in [-0.3, -0.25) is 14.8 Å². The van der Waals surface area contributed by atoms with Gasteiger partial charge in [0.25, 0.3) is 5.91 Å². The molecule has 1 aromatic rings. The molecule has 0 aliphatic carbocycles. The molecule has 7 nitrogen and oxygen atoms in total. The number of carbonyl (C=O) groups is 2. The van der Waals surface area contributed by atoms with E-state index in [1.807, 2.05) is 44.2 Å². The molecule has 5 N–H and O–H groups in total. The van der Waals surface area contributed by atoms with Crippen molar-refractivity contribution in [2.75, 3.05) is 7.05 Å². The molecule has 26 heavy (non-hydrogen) atoms. The average Bonchev–Trinajstić information content (AvgIpc) is 2.64. The van der Waals surface area contributed by atoms with Crippen LogP contribution in [-0.4, -0.2) is 46.3 Å². The fourth-order valence-corrected chi connectivity index (χ4v) is 2.79. The molecule has 1 rings (SSSR count). The first-order chi connectivity index (χ1) is 12.3. The second-order valence-electron chi connectivity index (χ2n) is 6.52. The topological polar surface area (TPSA) is 111 Å². The summed E-state index contributed by atoms with van der Waals surface area (Å²) in [5.41, 5.74) is 2.38. The van der Waals surface area contributed by atoms with Gasteiger partial charge in [0.05, 0.1) is 16.9 Å². The molecule has 0 aromatic heterocycles. The Morgan fingerprint density at radius 3 is 2.27 bits per heavy atom. The van der Waals surface area contributed by atoms with Gasteiger partial charge in [0.15, 0.2) is 0 Å². The van der Waals surface area contributed by atoms with E-state index in [2.05, 4.69) is 10.6 Å². The Labute approximate surface area is 159 Å². The number of thiocarbonyl (C=S) groups is 1. The third kappa shape index (κ3) is 6.70. The van der Waals surface area contributed by atoms with Crippen LogP contribution in [0.4, 0.5) is 0 Å². The zero-order valence-electron chi connectivity index (χ0n) is 15.2. The number of hydroxylamine groups is 1. The monoisotopic (exact) mass is 381 g/mol. The summed E-state index contributed by atoms with van der Waals surface area (Å²) in [6, 6.07) is 9.06. The van der Waals surface area contributed by atoms with Gasteiger partial charge in [0.1, 0.15) is 6.10 Å². The summed E-state index contributed by atoms with van der Waals surface area (Å²) in [7, 11) is 1.67. The van der Waals surface area contributed by atoms with Crippen LogP contribution < -0.4 is 16.1 Å². The Bertz CT molecular complexity index is 610. The summed E-state index contributed by atoms with van der Waals surface area (Å²) < 4.78 is 0. The first-order valence-corrected chi connectivity index (χ1v) is 8.88. The minimum Gasteiger partial charge on any atom is -0.382 e. The molecule has 0 spiro atoms. The van der Waals surface area contributed by atoms with Gasteiger partial charge in [-0.2, -0.15) is 0 Å². The normalized spacial score (nSPS) is 14.2. The summed E-state index contributed by atoms with van der Waals surface area (Å²) in [5, 5.41) is 24.6. The van der Waals surface area contributed by atoms with Gasteiger partial charge < -0.3 is 15.7 Å². The summed E-state index contributed by atoms with van der Waals surface area (Å²) in [6.45, 7) is 3.76. The van der Waals surface area contributed by atoms with Crippen LogP contribution in [0.25, 0.3) is 0 Å². The zero-order valence-corrected chi connectivity index (χ0v) is 16.0.